The van der Waals surface area contributed by atoms with Crippen molar-refractivity contribution in [2.75, 3.05) is 28.4 Å². The Hall–Kier alpha value is -2.16. The summed E-state index contributed by atoms with van der Waals surface area (Å²) in [5, 5.41) is 0. The third-order valence-corrected chi connectivity index (χ3v) is 1.93. The molecule has 0 aliphatic rings. The molecule has 0 aromatic carbocycles. The lowest BCUT2D eigenvalue weighted by Gasteiger charge is -2.18. The second-order valence-corrected chi connectivity index (χ2v) is 2.99. The SMILES string of the molecule is COC(=O)C(OC(C(=O)OC)C(=O)OC)C(=O)OC. The Morgan fingerprint density at radius 1 is 0.579 bits per heavy atom. The maximum absolute atomic E-state index is 11.3. The van der Waals surface area contributed by atoms with Crippen LogP contribution in [0.3, 0.4) is 0 Å². The number of rotatable bonds is 6. The largest absolute Gasteiger partial charge is 0.467 e. The zero-order valence-electron chi connectivity index (χ0n) is 10.8. The maximum Gasteiger partial charge on any atom is 0.346 e. The van der Waals surface area contributed by atoms with Crippen LogP contribution in [-0.2, 0) is 42.9 Å². The quantitative estimate of drug-likeness (QED) is 0.323. The van der Waals surface area contributed by atoms with Crippen LogP contribution in [0.15, 0.2) is 0 Å². The Balaban J connectivity index is 5.13. The van der Waals surface area contributed by atoms with Gasteiger partial charge in [-0.1, -0.05) is 0 Å². The first kappa shape index (κ1) is 16.8. The molecule has 0 saturated carbocycles. The lowest BCUT2D eigenvalue weighted by atomic mass is 10.3. The standard InChI is InChI=1S/C10H14O9/c1-15-7(11)5(8(12)16-2)19-6(9(13)17-3)10(14)18-4/h5-6H,1-4H3. The van der Waals surface area contributed by atoms with Crippen molar-refractivity contribution in [3.8, 4) is 0 Å². The molecule has 0 aliphatic carbocycles. The Labute approximate surface area is 108 Å². The molecule has 0 rings (SSSR count). The summed E-state index contributed by atoms with van der Waals surface area (Å²) >= 11 is 0. The van der Waals surface area contributed by atoms with Gasteiger partial charge in [-0.15, -0.1) is 0 Å². The summed E-state index contributed by atoms with van der Waals surface area (Å²) in [4.78, 5) is 45.3. The number of carbonyl (C=O) groups is 4. The summed E-state index contributed by atoms with van der Waals surface area (Å²) in [6, 6.07) is 0. The Kier molecular flexibility index (Phi) is 7.12. The molecule has 9 nitrogen and oxygen atoms in total. The highest BCUT2D eigenvalue weighted by Gasteiger charge is 2.39. The Morgan fingerprint density at radius 3 is 0.947 bits per heavy atom. The van der Waals surface area contributed by atoms with Crippen molar-refractivity contribution in [1.29, 1.82) is 0 Å². The topological polar surface area (TPSA) is 114 Å². The van der Waals surface area contributed by atoms with Crippen molar-refractivity contribution in [3.63, 3.8) is 0 Å². The Bertz CT molecular complexity index is 296. The van der Waals surface area contributed by atoms with E-state index in [1.807, 2.05) is 0 Å². The van der Waals surface area contributed by atoms with Crippen molar-refractivity contribution >= 4 is 23.9 Å². The second-order valence-electron chi connectivity index (χ2n) is 2.99. The molecule has 0 spiro atoms. The third-order valence-electron chi connectivity index (χ3n) is 1.93. The highest BCUT2D eigenvalue weighted by atomic mass is 16.6. The molecule has 0 aromatic heterocycles. The molecule has 9 heteroatoms. The van der Waals surface area contributed by atoms with Crippen LogP contribution in [0.5, 0.6) is 0 Å². The normalized spacial score (nSPS) is 10.0. The van der Waals surface area contributed by atoms with Crippen LogP contribution in [0, 0.1) is 0 Å². The number of ether oxygens (including phenoxy) is 5. The summed E-state index contributed by atoms with van der Waals surface area (Å²) in [6.45, 7) is 0. The van der Waals surface area contributed by atoms with Crippen molar-refractivity contribution in [3.05, 3.63) is 0 Å². The van der Waals surface area contributed by atoms with Crippen LogP contribution in [-0.4, -0.2) is 64.5 Å². The van der Waals surface area contributed by atoms with E-state index >= 15 is 0 Å². The first-order valence-corrected chi connectivity index (χ1v) is 4.89. The molecule has 0 heterocycles. The highest BCUT2D eigenvalue weighted by molar-refractivity contribution is 6.01. The smallest absolute Gasteiger partial charge is 0.346 e. The molecule has 0 atom stereocenters. The molecule has 0 aromatic rings. The van der Waals surface area contributed by atoms with E-state index in [2.05, 4.69) is 18.9 Å². The van der Waals surface area contributed by atoms with Crippen LogP contribution in [0.2, 0.25) is 0 Å². The number of esters is 4. The fourth-order valence-electron chi connectivity index (χ4n) is 0.979. The number of methoxy groups -OCH3 is 4. The first-order chi connectivity index (χ1) is 8.92. The third kappa shape index (κ3) is 4.54. The van der Waals surface area contributed by atoms with Gasteiger partial charge in [-0.25, -0.2) is 19.2 Å². The molecular weight excluding hydrogens is 264 g/mol. The fourth-order valence-corrected chi connectivity index (χ4v) is 0.979. The summed E-state index contributed by atoms with van der Waals surface area (Å²) in [5.74, 6) is -4.54. The number of carbonyl (C=O) groups excluding carboxylic acids is 4. The summed E-state index contributed by atoms with van der Waals surface area (Å²) in [5.41, 5.74) is 0. The zero-order valence-corrected chi connectivity index (χ0v) is 10.8. The van der Waals surface area contributed by atoms with Crippen molar-refractivity contribution in [2.24, 2.45) is 0 Å². The molecule has 0 unspecified atom stereocenters. The van der Waals surface area contributed by atoms with Crippen LogP contribution in [0.1, 0.15) is 0 Å². The van der Waals surface area contributed by atoms with E-state index in [4.69, 9.17) is 4.74 Å². The summed E-state index contributed by atoms with van der Waals surface area (Å²) in [6.07, 6.45) is -3.81. The minimum absolute atomic E-state index is 0.993. The van der Waals surface area contributed by atoms with Gasteiger partial charge in [-0.2, -0.15) is 0 Å². The van der Waals surface area contributed by atoms with Gasteiger partial charge in [0, 0.05) is 0 Å². The lowest BCUT2D eigenvalue weighted by Crippen LogP contribution is -2.44. The van der Waals surface area contributed by atoms with Gasteiger partial charge in [-0.05, 0) is 0 Å². The van der Waals surface area contributed by atoms with Crippen molar-refractivity contribution < 1.29 is 42.9 Å². The van der Waals surface area contributed by atoms with Gasteiger partial charge < -0.3 is 23.7 Å². The molecular formula is C10H14O9. The van der Waals surface area contributed by atoms with E-state index in [1.54, 1.807) is 0 Å². The van der Waals surface area contributed by atoms with Crippen LogP contribution < -0.4 is 0 Å². The molecule has 0 N–H and O–H groups in total. The fraction of sp³-hybridized carbons (Fsp3) is 0.600. The van der Waals surface area contributed by atoms with Crippen molar-refractivity contribution in [2.45, 2.75) is 12.2 Å². The number of hydrogen-bond acceptors (Lipinski definition) is 9. The summed E-state index contributed by atoms with van der Waals surface area (Å²) in [7, 11) is 3.97. The van der Waals surface area contributed by atoms with E-state index < -0.39 is 36.1 Å². The molecule has 0 aliphatic heterocycles. The molecule has 0 fully saturated rings. The minimum Gasteiger partial charge on any atom is -0.467 e. The maximum atomic E-state index is 11.3. The molecule has 0 amide bonds. The monoisotopic (exact) mass is 278 g/mol. The average molecular weight is 278 g/mol. The second kappa shape index (κ2) is 8.03. The van der Waals surface area contributed by atoms with E-state index in [0.717, 1.165) is 28.4 Å². The van der Waals surface area contributed by atoms with Crippen LogP contribution in [0.4, 0.5) is 0 Å². The predicted molar refractivity (Wildman–Crippen MR) is 56.7 cm³/mol. The van der Waals surface area contributed by atoms with Gasteiger partial charge in [0.2, 0.25) is 0 Å². The Morgan fingerprint density at radius 2 is 0.789 bits per heavy atom. The van der Waals surface area contributed by atoms with Gasteiger partial charge in [0.25, 0.3) is 12.2 Å². The minimum atomic E-state index is -1.90. The predicted octanol–water partition coefficient (Wildman–Crippen LogP) is -1.57. The molecule has 0 radical (unpaired) electrons. The van der Waals surface area contributed by atoms with Gasteiger partial charge in [-0.3, -0.25) is 0 Å². The van der Waals surface area contributed by atoms with Crippen molar-refractivity contribution in [1.82, 2.24) is 0 Å². The summed E-state index contributed by atoms with van der Waals surface area (Å²) < 4.78 is 21.9. The molecule has 0 saturated heterocycles. The molecule has 19 heavy (non-hydrogen) atoms. The van der Waals surface area contributed by atoms with E-state index in [0.29, 0.717) is 0 Å². The van der Waals surface area contributed by atoms with Crippen LogP contribution in [0.25, 0.3) is 0 Å². The van der Waals surface area contributed by atoms with E-state index in [9.17, 15) is 19.2 Å². The lowest BCUT2D eigenvalue weighted by molar-refractivity contribution is -0.186. The molecule has 108 valence electrons. The number of hydrogen-bond donors (Lipinski definition) is 0. The van der Waals surface area contributed by atoms with Gasteiger partial charge >= 0.3 is 23.9 Å². The molecule has 0 bridgehead atoms. The van der Waals surface area contributed by atoms with E-state index in [1.165, 1.54) is 0 Å². The first-order valence-electron chi connectivity index (χ1n) is 4.89. The highest BCUT2D eigenvalue weighted by Crippen LogP contribution is 2.07. The average Bonchev–Trinajstić information content (AvgIpc) is 2.45. The zero-order chi connectivity index (χ0) is 15.0. The van der Waals surface area contributed by atoms with Gasteiger partial charge in [0.15, 0.2) is 0 Å². The van der Waals surface area contributed by atoms with E-state index in [-0.39, 0.29) is 0 Å². The van der Waals surface area contributed by atoms with Gasteiger partial charge in [0.1, 0.15) is 0 Å². The van der Waals surface area contributed by atoms with Gasteiger partial charge in [0.05, 0.1) is 28.4 Å². The van der Waals surface area contributed by atoms with Crippen LogP contribution >= 0.6 is 0 Å².